The quantitative estimate of drug-likeness (QED) is 0.834. The summed E-state index contributed by atoms with van der Waals surface area (Å²) in [4.78, 5) is 11.9. The molecule has 1 rings (SSSR count). The van der Waals surface area contributed by atoms with Gasteiger partial charge in [0.15, 0.2) is 0 Å². The second-order valence-electron chi connectivity index (χ2n) is 2.42. The first-order valence-corrected chi connectivity index (χ1v) is 5.17. The minimum atomic E-state index is -0.538. The Morgan fingerprint density at radius 3 is 3.00 bits per heavy atom. The highest BCUT2D eigenvalue weighted by molar-refractivity contribution is 7.16. The molecular weight excluding hydrogens is 226 g/mol. The zero-order chi connectivity index (χ0) is 10.4. The number of rotatable bonds is 4. The van der Waals surface area contributed by atoms with Crippen molar-refractivity contribution in [3.05, 3.63) is 21.3 Å². The Kier molecular flexibility index (Phi) is 4.72. The highest BCUT2D eigenvalue weighted by Crippen LogP contribution is 2.20. The van der Waals surface area contributed by atoms with E-state index in [-0.39, 0.29) is 13.2 Å². The van der Waals surface area contributed by atoms with Crippen LogP contribution in [0.4, 0.5) is 4.79 Å². The molecule has 14 heavy (non-hydrogen) atoms. The standard InChI is InChI=1S/C8H10ClNO3S/c9-7-2-1-6(14-7)5-10-8(12)13-4-3-11/h1-2,11H,3-5H2,(H,10,12). The molecule has 6 heteroatoms. The monoisotopic (exact) mass is 235 g/mol. The van der Waals surface area contributed by atoms with Gasteiger partial charge in [-0.15, -0.1) is 11.3 Å². The molecule has 2 N–H and O–H groups in total. The predicted molar refractivity (Wildman–Crippen MR) is 54.6 cm³/mol. The number of aliphatic hydroxyl groups is 1. The third-order valence-corrected chi connectivity index (χ3v) is 2.59. The summed E-state index contributed by atoms with van der Waals surface area (Å²) in [5.41, 5.74) is 0. The van der Waals surface area contributed by atoms with Gasteiger partial charge >= 0.3 is 6.09 Å². The molecule has 1 aromatic rings. The van der Waals surface area contributed by atoms with Crippen LogP contribution in [0.5, 0.6) is 0 Å². The van der Waals surface area contributed by atoms with Gasteiger partial charge in [-0.3, -0.25) is 0 Å². The van der Waals surface area contributed by atoms with E-state index < -0.39 is 6.09 Å². The van der Waals surface area contributed by atoms with Crippen molar-refractivity contribution in [1.29, 1.82) is 0 Å². The Balaban J connectivity index is 2.23. The number of alkyl carbamates (subject to hydrolysis) is 1. The van der Waals surface area contributed by atoms with E-state index >= 15 is 0 Å². The van der Waals surface area contributed by atoms with E-state index in [1.165, 1.54) is 11.3 Å². The van der Waals surface area contributed by atoms with Crippen molar-refractivity contribution >= 4 is 29.0 Å². The molecule has 78 valence electrons. The summed E-state index contributed by atoms with van der Waals surface area (Å²) >= 11 is 7.10. The minimum Gasteiger partial charge on any atom is -0.447 e. The first-order chi connectivity index (χ1) is 6.72. The summed E-state index contributed by atoms with van der Waals surface area (Å²) in [6.45, 7) is 0.233. The zero-order valence-electron chi connectivity index (χ0n) is 7.33. The SMILES string of the molecule is O=C(NCc1ccc(Cl)s1)OCCO. The number of carbonyl (C=O) groups is 1. The van der Waals surface area contributed by atoms with E-state index in [1.807, 2.05) is 6.07 Å². The van der Waals surface area contributed by atoms with Crippen molar-refractivity contribution in [2.75, 3.05) is 13.2 Å². The largest absolute Gasteiger partial charge is 0.447 e. The number of ether oxygens (including phenoxy) is 1. The molecule has 1 heterocycles. The maximum absolute atomic E-state index is 10.9. The Bertz CT molecular complexity index is 303. The fourth-order valence-electron chi connectivity index (χ4n) is 0.795. The second kappa shape index (κ2) is 5.85. The second-order valence-corrected chi connectivity index (χ2v) is 4.22. The minimum absolute atomic E-state index is 0.0109. The van der Waals surface area contributed by atoms with Crippen LogP contribution in [0.2, 0.25) is 4.34 Å². The average molecular weight is 236 g/mol. The molecule has 1 aromatic heterocycles. The maximum atomic E-state index is 10.9. The molecule has 0 aliphatic rings. The zero-order valence-corrected chi connectivity index (χ0v) is 8.90. The number of hydrogen-bond donors (Lipinski definition) is 2. The fraction of sp³-hybridized carbons (Fsp3) is 0.375. The third kappa shape index (κ3) is 3.95. The predicted octanol–water partition coefficient (Wildman–Crippen LogP) is 1.62. The summed E-state index contributed by atoms with van der Waals surface area (Å²) in [6, 6.07) is 3.60. The molecule has 0 saturated heterocycles. The van der Waals surface area contributed by atoms with Gasteiger partial charge in [-0.1, -0.05) is 11.6 Å². The fourth-order valence-corrected chi connectivity index (χ4v) is 1.82. The van der Waals surface area contributed by atoms with E-state index in [1.54, 1.807) is 6.07 Å². The van der Waals surface area contributed by atoms with E-state index in [0.717, 1.165) is 4.88 Å². The van der Waals surface area contributed by atoms with E-state index in [0.29, 0.717) is 10.9 Å². The highest BCUT2D eigenvalue weighted by atomic mass is 35.5. The van der Waals surface area contributed by atoms with Crippen LogP contribution in [0, 0.1) is 0 Å². The van der Waals surface area contributed by atoms with Crippen molar-refractivity contribution < 1.29 is 14.6 Å². The summed E-state index contributed by atoms with van der Waals surface area (Å²) in [7, 11) is 0. The Labute approximate surface area is 90.5 Å². The third-order valence-electron chi connectivity index (χ3n) is 1.36. The molecule has 0 spiro atoms. The van der Waals surface area contributed by atoms with E-state index in [9.17, 15) is 4.79 Å². The Morgan fingerprint density at radius 2 is 2.43 bits per heavy atom. The average Bonchev–Trinajstić information content (AvgIpc) is 2.58. The normalized spacial score (nSPS) is 9.86. The first-order valence-electron chi connectivity index (χ1n) is 3.98. The molecule has 0 aliphatic carbocycles. The lowest BCUT2D eigenvalue weighted by Gasteiger charge is -2.03. The van der Waals surface area contributed by atoms with Crippen molar-refractivity contribution in [3.8, 4) is 0 Å². The maximum Gasteiger partial charge on any atom is 0.407 e. The number of aliphatic hydroxyl groups excluding tert-OH is 1. The van der Waals surface area contributed by atoms with Crippen LogP contribution in [0.1, 0.15) is 4.88 Å². The smallest absolute Gasteiger partial charge is 0.407 e. The van der Waals surface area contributed by atoms with E-state index in [2.05, 4.69) is 10.1 Å². The van der Waals surface area contributed by atoms with Gasteiger partial charge in [0.2, 0.25) is 0 Å². The van der Waals surface area contributed by atoms with Gasteiger partial charge in [0.1, 0.15) is 6.61 Å². The highest BCUT2D eigenvalue weighted by Gasteiger charge is 2.02. The van der Waals surface area contributed by atoms with Crippen molar-refractivity contribution in [1.82, 2.24) is 5.32 Å². The summed E-state index contributed by atoms with van der Waals surface area (Å²) in [5, 5.41) is 10.9. The van der Waals surface area contributed by atoms with Gasteiger partial charge in [-0.05, 0) is 12.1 Å². The Morgan fingerprint density at radius 1 is 1.64 bits per heavy atom. The van der Waals surface area contributed by atoms with Crippen LogP contribution in [0.15, 0.2) is 12.1 Å². The molecule has 0 atom stereocenters. The Hall–Kier alpha value is -0.780. The van der Waals surface area contributed by atoms with Crippen LogP contribution in [-0.2, 0) is 11.3 Å². The molecule has 0 fully saturated rings. The molecule has 0 bridgehead atoms. The number of amides is 1. The lowest BCUT2D eigenvalue weighted by atomic mass is 10.5. The molecular formula is C8H10ClNO3S. The van der Waals surface area contributed by atoms with Gasteiger partial charge in [-0.2, -0.15) is 0 Å². The lowest BCUT2D eigenvalue weighted by molar-refractivity contribution is 0.119. The van der Waals surface area contributed by atoms with Crippen LogP contribution in [0.3, 0.4) is 0 Å². The molecule has 0 unspecified atom stereocenters. The number of nitrogens with one attached hydrogen (secondary N) is 1. The first kappa shape index (κ1) is 11.3. The number of carbonyl (C=O) groups excluding carboxylic acids is 1. The van der Waals surface area contributed by atoms with Crippen molar-refractivity contribution in [3.63, 3.8) is 0 Å². The van der Waals surface area contributed by atoms with Crippen molar-refractivity contribution in [2.45, 2.75) is 6.54 Å². The molecule has 0 aliphatic heterocycles. The van der Waals surface area contributed by atoms with Gasteiger partial charge in [0, 0.05) is 4.88 Å². The molecule has 1 amide bonds. The van der Waals surface area contributed by atoms with Gasteiger partial charge < -0.3 is 15.2 Å². The van der Waals surface area contributed by atoms with E-state index in [4.69, 9.17) is 16.7 Å². The summed E-state index contributed by atoms with van der Waals surface area (Å²) in [5.74, 6) is 0. The van der Waals surface area contributed by atoms with Crippen LogP contribution in [-0.4, -0.2) is 24.4 Å². The number of hydrogen-bond acceptors (Lipinski definition) is 4. The molecule has 0 aromatic carbocycles. The lowest BCUT2D eigenvalue weighted by Crippen LogP contribution is -2.24. The topological polar surface area (TPSA) is 58.6 Å². The van der Waals surface area contributed by atoms with Crippen LogP contribution < -0.4 is 5.32 Å². The van der Waals surface area contributed by atoms with Crippen molar-refractivity contribution in [2.24, 2.45) is 0 Å². The molecule has 4 nitrogen and oxygen atoms in total. The molecule has 0 saturated carbocycles. The van der Waals surface area contributed by atoms with Gasteiger partial charge in [0.25, 0.3) is 0 Å². The summed E-state index contributed by atoms with van der Waals surface area (Å²) in [6.07, 6.45) is -0.538. The number of thiophene rings is 1. The van der Waals surface area contributed by atoms with Gasteiger partial charge in [0.05, 0.1) is 17.5 Å². The summed E-state index contributed by atoms with van der Waals surface area (Å²) < 4.78 is 5.28. The molecule has 0 radical (unpaired) electrons. The van der Waals surface area contributed by atoms with Crippen LogP contribution in [0.25, 0.3) is 0 Å². The van der Waals surface area contributed by atoms with Crippen LogP contribution >= 0.6 is 22.9 Å². The van der Waals surface area contributed by atoms with Gasteiger partial charge in [-0.25, -0.2) is 4.79 Å². The number of halogens is 1.